The minimum Gasteiger partial charge on any atom is -0.327 e. The second kappa shape index (κ2) is 6.09. The number of nitrogens with two attached hydrogens (primary N) is 1. The Morgan fingerprint density at radius 3 is 1.71 bits per heavy atom. The van der Waals surface area contributed by atoms with Gasteiger partial charge in [0, 0.05) is 6.54 Å². The Labute approximate surface area is 118 Å². The van der Waals surface area contributed by atoms with Gasteiger partial charge in [-0.25, -0.2) is 0 Å². The van der Waals surface area contributed by atoms with Gasteiger partial charge in [0.2, 0.25) is 0 Å². The molecule has 0 radical (unpaired) electrons. The summed E-state index contributed by atoms with van der Waals surface area (Å²) >= 11 is 0. The molecule has 0 fully saturated rings. The van der Waals surface area contributed by atoms with E-state index >= 15 is 0 Å². The van der Waals surface area contributed by atoms with E-state index in [2.05, 4.69) is 0 Å². The van der Waals surface area contributed by atoms with E-state index in [0.29, 0.717) is 17.7 Å². The summed E-state index contributed by atoms with van der Waals surface area (Å²) in [6.45, 7) is 3.59. The van der Waals surface area contributed by atoms with Gasteiger partial charge in [-0.15, -0.1) is 0 Å². The average molecular weight is 311 g/mol. The van der Waals surface area contributed by atoms with Crippen LogP contribution in [0.4, 0.5) is 26.3 Å². The molecule has 0 atom stereocenters. The molecule has 1 nitrogen and oxygen atoms in total. The zero-order valence-corrected chi connectivity index (χ0v) is 11.4. The molecular weight excluding hydrogens is 296 g/mol. The fraction of sp³-hybridized carbons (Fsp3) is 0.429. The highest BCUT2D eigenvalue weighted by atomic mass is 19.4. The Balaban J connectivity index is 3.46. The van der Waals surface area contributed by atoms with Crippen LogP contribution in [0.3, 0.4) is 0 Å². The Bertz CT molecular complexity index is 493. The van der Waals surface area contributed by atoms with E-state index < -0.39 is 23.5 Å². The van der Waals surface area contributed by atoms with Crippen LogP contribution >= 0.6 is 0 Å². The number of hydrogen-bond acceptors (Lipinski definition) is 1. The highest BCUT2D eigenvalue weighted by molar-refractivity contribution is 5.56. The number of benzene rings is 1. The molecule has 0 heterocycles. The molecule has 0 spiro atoms. The molecule has 0 aliphatic rings. The SMILES string of the molecule is CC(C)C(=Cc1cc(C(F)(F)F)cc(C(F)(F)F)c1)CN. The molecule has 0 bridgehead atoms. The van der Waals surface area contributed by atoms with Crippen LogP contribution in [0.15, 0.2) is 23.8 Å². The summed E-state index contributed by atoms with van der Waals surface area (Å²) in [5.41, 5.74) is 3.21. The van der Waals surface area contributed by atoms with Crippen LogP contribution in [0.2, 0.25) is 0 Å². The van der Waals surface area contributed by atoms with Crippen molar-refractivity contribution >= 4 is 6.08 Å². The number of hydrogen-bond donors (Lipinski definition) is 1. The molecule has 118 valence electrons. The summed E-state index contributed by atoms with van der Waals surface area (Å²) in [5, 5.41) is 0. The molecule has 7 heteroatoms. The third kappa shape index (κ3) is 4.77. The van der Waals surface area contributed by atoms with E-state index in [0.717, 1.165) is 0 Å². The first-order valence-electron chi connectivity index (χ1n) is 6.15. The van der Waals surface area contributed by atoms with Crippen LogP contribution in [0.5, 0.6) is 0 Å². The minimum absolute atomic E-state index is 0.0647. The fourth-order valence-corrected chi connectivity index (χ4v) is 1.74. The molecule has 0 saturated carbocycles. The van der Waals surface area contributed by atoms with Gasteiger partial charge in [-0.05, 0) is 29.7 Å². The van der Waals surface area contributed by atoms with Gasteiger partial charge >= 0.3 is 12.4 Å². The summed E-state index contributed by atoms with van der Waals surface area (Å²) in [6, 6.07) is 1.48. The van der Waals surface area contributed by atoms with E-state index in [1.54, 1.807) is 13.8 Å². The maximum atomic E-state index is 12.7. The number of halogens is 6. The maximum Gasteiger partial charge on any atom is 0.416 e. The molecule has 1 aromatic rings. The van der Waals surface area contributed by atoms with Crippen LogP contribution in [0, 0.1) is 5.92 Å². The molecule has 1 rings (SSSR count). The lowest BCUT2D eigenvalue weighted by Crippen LogP contribution is -2.12. The molecule has 0 amide bonds. The lowest BCUT2D eigenvalue weighted by Gasteiger charge is -2.14. The van der Waals surface area contributed by atoms with Crippen molar-refractivity contribution in [3.8, 4) is 0 Å². The highest BCUT2D eigenvalue weighted by Gasteiger charge is 2.36. The summed E-state index contributed by atoms with van der Waals surface area (Å²) in [5.74, 6) is -0.0705. The topological polar surface area (TPSA) is 26.0 Å². The van der Waals surface area contributed by atoms with Gasteiger partial charge in [-0.3, -0.25) is 0 Å². The molecule has 2 N–H and O–H groups in total. The molecule has 21 heavy (non-hydrogen) atoms. The second-order valence-corrected chi connectivity index (χ2v) is 4.92. The monoisotopic (exact) mass is 311 g/mol. The predicted octanol–water partition coefficient (Wildman–Crippen LogP) is 4.72. The predicted molar refractivity (Wildman–Crippen MR) is 68.3 cm³/mol. The Morgan fingerprint density at radius 1 is 1.00 bits per heavy atom. The lowest BCUT2D eigenvalue weighted by molar-refractivity contribution is -0.143. The van der Waals surface area contributed by atoms with Crippen molar-refractivity contribution < 1.29 is 26.3 Å². The van der Waals surface area contributed by atoms with E-state index in [4.69, 9.17) is 5.73 Å². The van der Waals surface area contributed by atoms with Crippen molar-refractivity contribution in [3.63, 3.8) is 0 Å². The van der Waals surface area contributed by atoms with E-state index in [1.807, 2.05) is 0 Å². The Hall–Kier alpha value is -1.50. The van der Waals surface area contributed by atoms with Crippen LogP contribution in [-0.4, -0.2) is 6.54 Å². The molecule has 0 aliphatic carbocycles. The van der Waals surface area contributed by atoms with Crippen molar-refractivity contribution in [2.75, 3.05) is 6.54 Å². The fourth-order valence-electron chi connectivity index (χ4n) is 1.74. The van der Waals surface area contributed by atoms with Crippen LogP contribution in [-0.2, 0) is 12.4 Å². The van der Waals surface area contributed by atoms with Gasteiger partial charge in [0.15, 0.2) is 0 Å². The Kier molecular flexibility index (Phi) is 5.09. The molecule has 1 aromatic carbocycles. The number of alkyl halides is 6. The van der Waals surface area contributed by atoms with Crippen molar-refractivity contribution in [1.29, 1.82) is 0 Å². The van der Waals surface area contributed by atoms with Gasteiger partial charge in [-0.2, -0.15) is 26.3 Å². The van der Waals surface area contributed by atoms with E-state index in [-0.39, 0.29) is 24.1 Å². The summed E-state index contributed by atoms with van der Waals surface area (Å²) in [6.07, 6.45) is -8.41. The quantitative estimate of drug-likeness (QED) is 0.803. The van der Waals surface area contributed by atoms with Gasteiger partial charge in [0.05, 0.1) is 11.1 Å². The van der Waals surface area contributed by atoms with Gasteiger partial charge in [-0.1, -0.05) is 25.5 Å². The standard InChI is InChI=1S/C14H15F6N/c1-8(2)10(7-21)3-9-4-11(13(15,16)17)6-12(5-9)14(18,19)20/h3-6,8H,7,21H2,1-2H3. The normalized spacial score (nSPS) is 13.9. The van der Waals surface area contributed by atoms with Crippen molar-refractivity contribution in [3.05, 3.63) is 40.5 Å². The summed E-state index contributed by atoms with van der Waals surface area (Å²) in [4.78, 5) is 0. The summed E-state index contributed by atoms with van der Waals surface area (Å²) < 4.78 is 76.2. The molecule has 0 aromatic heterocycles. The van der Waals surface area contributed by atoms with Crippen molar-refractivity contribution in [2.24, 2.45) is 11.7 Å². The molecular formula is C14H15F6N. The maximum absolute atomic E-state index is 12.7. The second-order valence-electron chi connectivity index (χ2n) is 4.92. The van der Waals surface area contributed by atoms with Crippen LogP contribution in [0.1, 0.15) is 30.5 Å². The first kappa shape index (κ1) is 17.6. The zero-order valence-electron chi connectivity index (χ0n) is 11.4. The van der Waals surface area contributed by atoms with Crippen LogP contribution in [0.25, 0.3) is 6.08 Å². The van der Waals surface area contributed by atoms with Gasteiger partial charge in [0.1, 0.15) is 0 Å². The highest BCUT2D eigenvalue weighted by Crippen LogP contribution is 2.36. The van der Waals surface area contributed by atoms with E-state index in [9.17, 15) is 26.3 Å². The van der Waals surface area contributed by atoms with Crippen molar-refractivity contribution in [2.45, 2.75) is 26.2 Å². The largest absolute Gasteiger partial charge is 0.416 e. The molecule has 0 saturated heterocycles. The number of rotatable bonds is 3. The minimum atomic E-state index is -4.84. The average Bonchev–Trinajstić information content (AvgIpc) is 2.33. The first-order chi connectivity index (χ1) is 9.45. The third-order valence-electron chi connectivity index (χ3n) is 2.94. The zero-order chi connectivity index (χ0) is 16.4. The third-order valence-corrected chi connectivity index (χ3v) is 2.94. The van der Waals surface area contributed by atoms with E-state index in [1.165, 1.54) is 6.08 Å². The lowest BCUT2D eigenvalue weighted by atomic mass is 9.98. The van der Waals surface area contributed by atoms with Crippen LogP contribution < -0.4 is 5.73 Å². The Morgan fingerprint density at radius 2 is 1.43 bits per heavy atom. The van der Waals surface area contributed by atoms with Gasteiger partial charge < -0.3 is 5.73 Å². The van der Waals surface area contributed by atoms with Crippen molar-refractivity contribution in [1.82, 2.24) is 0 Å². The molecule has 0 aliphatic heterocycles. The van der Waals surface area contributed by atoms with Gasteiger partial charge in [0.25, 0.3) is 0 Å². The molecule has 0 unspecified atom stereocenters. The summed E-state index contributed by atoms with van der Waals surface area (Å²) in [7, 11) is 0. The smallest absolute Gasteiger partial charge is 0.327 e. The first-order valence-corrected chi connectivity index (χ1v) is 6.15.